The molecule has 0 aromatic heterocycles. The predicted octanol–water partition coefficient (Wildman–Crippen LogP) is 2.44. The molecule has 136 valence electrons. The van der Waals surface area contributed by atoms with Crippen molar-refractivity contribution >= 4 is 11.1 Å². The molecule has 0 heterocycles. The maximum absolute atomic E-state index is 14.0. The van der Waals surface area contributed by atoms with E-state index in [1.807, 2.05) is 0 Å². The smallest absolute Gasteiger partial charge is 0.307 e. The quantitative estimate of drug-likeness (QED) is 0.786. The Hall–Kier alpha value is -2.45. The average molecular weight is 384 g/mol. The van der Waals surface area contributed by atoms with Gasteiger partial charge in [-0.3, -0.25) is 4.21 Å². The third-order valence-electron chi connectivity index (χ3n) is 3.89. The number of benzene rings is 2. The molecule has 10 heteroatoms. The molecule has 26 heavy (non-hydrogen) atoms. The SMILES string of the molecule is N#Cc1cc(F)cc(Oc2ccc(S(=O)[O-])c3c2[C@@H](O)C(F)(F)[C@H]3O)c1. The first kappa shape index (κ1) is 18.3. The van der Waals surface area contributed by atoms with Crippen molar-refractivity contribution in [1.29, 1.82) is 5.26 Å². The van der Waals surface area contributed by atoms with E-state index in [9.17, 15) is 32.1 Å². The average Bonchev–Trinajstić information content (AvgIpc) is 2.75. The summed E-state index contributed by atoms with van der Waals surface area (Å²) in [5, 5.41) is 28.5. The number of nitrogens with zero attached hydrogens (tertiary/aromatic N) is 1. The van der Waals surface area contributed by atoms with Crippen LogP contribution in [0, 0.1) is 17.1 Å². The minimum absolute atomic E-state index is 0.0974. The van der Waals surface area contributed by atoms with Gasteiger partial charge in [-0.2, -0.15) is 5.26 Å². The van der Waals surface area contributed by atoms with E-state index >= 15 is 0 Å². The van der Waals surface area contributed by atoms with Crippen LogP contribution in [-0.4, -0.2) is 24.9 Å². The summed E-state index contributed by atoms with van der Waals surface area (Å²) in [4.78, 5) is -0.618. The lowest BCUT2D eigenvalue weighted by atomic mass is 10.1. The van der Waals surface area contributed by atoms with Crippen molar-refractivity contribution in [3.05, 3.63) is 52.8 Å². The fraction of sp³-hybridized carbons (Fsp3) is 0.188. The van der Waals surface area contributed by atoms with Crippen LogP contribution in [0.15, 0.2) is 35.2 Å². The largest absolute Gasteiger partial charge is 0.768 e. The van der Waals surface area contributed by atoms with Crippen LogP contribution >= 0.6 is 0 Å². The van der Waals surface area contributed by atoms with E-state index < -0.39 is 56.8 Å². The summed E-state index contributed by atoms with van der Waals surface area (Å²) in [6.07, 6.45) is -5.10. The number of hydrogen-bond donors (Lipinski definition) is 2. The van der Waals surface area contributed by atoms with E-state index in [0.717, 1.165) is 30.3 Å². The Morgan fingerprint density at radius 2 is 1.85 bits per heavy atom. The number of rotatable bonds is 3. The first-order valence-corrected chi connectivity index (χ1v) is 8.13. The van der Waals surface area contributed by atoms with Gasteiger partial charge in [-0.1, -0.05) is 0 Å². The van der Waals surface area contributed by atoms with Crippen LogP contribution in [0.3, 0.4) is 0 Å². The highest BCUT2D eigenvalue weighted by Gasteiger charge is 2.57. The number of nitriles is 1. The van der Waals surface area contributed by atoms with Crippen LogP contribution < -0.4 is 4.74 Å². The van der Waals surface area contributed by atoms with E-state index in [1.165, 1.54) is 0 Å². The lowest BCUT2D eigenvalue weighted by molar-refractivity contribution is -0.166. The fourth-order valence-corrected chi connectivity index (χ4v) is 3.32. The summed E-state index contributed by atoms with van der Waals surface area (Å²) in [6.45, 7) is 0. The molecule has 2 aromatic rings. The van der Waals surface area contributed by atoms with Gasteiger partial charge in [0, 0.05) is 22.1 Å². The van der Waals surface area contributed by atoms with E-state index in [-0.39, 0.29) is 11.3 Å². The standard InChI is InChI=1S/C16H10F3NO5S/c17-8-3-7(6-20)4-9(5-8)25-10-1-2-11(26(23)24)13-12(10)14(21)16(18,19)15(13)22/h1-5,14-15,21-22H,(H,23,24)/p-1/t14-,15+/m1/s1. The Labute approximate surface area is 147 Å². The second-order valence-electron chi connectivity index (χ2n) is 5.49. The molecule has 3 rings (SSSR count). The van der Waals surface area contributed by atoms with Crippen LogP contribution in [0.4, 0.5) is 13.2 Å². The summed E-state index contributed by atoms with van der Waals surface area (Å²) in [5.41, 5.74) is -1.41. The molecular formula is C16H9F3NO5S-. The van der Waals surface area contributed by atoms with Crippen LogP contribution in [-0.2, 0) is 11.1 Å². The Morgan fingerprint density at radius 3 is 2.46 bits per heavy atom. The van der Waals surface area contributed by atoms with Crippen LogP contribution in [0.25, 0.3) is 0 Å². The van der Waals surface area contributed by atoms with Gasteiger partial charge in [0.1, 0.15) is 29.5 Å². The minimum atomic E-state index is -4.05. The highest BCUT2D eigenvalue weighted by molar-refractivity contribution is 7.79. The lowest BCUT2D eigenvalue weighted by Gasteiger charge is -2.18. The maximum atomic E-state index is 14.0. The van der Waals surface area contributed by atoms with Crippen molar-refractivity contribution in [2.45, 2.75) is 23.0 Å². The zero-order chi connectivity index (χ0) is 19.2. The molecule has 0 saturated heterocycles. The molecule has 3 atom stereocenters. The molecule has 2 aromatic carbocycles. The van der Waals surface area contributed by atoms with Gasteiger partial charge < -0.3 is 19.5 Å². The number of ether oxygens (including phenoxy) is 1. The monoisotopic (exact) mass is 384 g/mol. The molecule has 2 N–H and O–H groups in total. The minimum Gasteiger partial charge on any atom is -0.768 e. The highest BCUT2D eigenvalue weighted by Crippen LogP contribution is 2.55. The van der Waals surface area contributed by atoms with Crippen LogP contribution in [0.2, 0.25) is 0 Å². The molecule has 0 aliphatic heterocycles. The van der Waals surface area contributed by atoms with Gasteiger partial charge in [-0.25, -0.2) is 13.2 Å². The van der Waals surface area contributed by atoms with Crippen LogP contribution in [0.1, 0.15) is 28.9 Å². The van der Waals surface area contributed by atoms with E-state index in [0.29, 0.717) is 0 Å². The molecule has 0 fully saturated rings. The second-order valence-corrected chi connectivity index (χ2v) is 6.40. The van der Waals surface area contributed by atoms with Gasteiger partial charge in [0.15, 0.2) is 0 Å². The number of aliphatic hydroxyl groups is 2. The first-order chi connectivity index (χ1) is 12.2. The number of aliphatic hydroxyl groups excluding tert-OH is 2. The third-order valence-corrected chi connectivity index (χ3v) is 4.61. The van der Waals surface area contributed by atoms with Crippen molar-refractivity contribution in [2.75, 3.05) is 0 Å². The normalized spacial score (nSPS) is 21.7. The molecule has 0 amide bonds. The third kappa shape index (κ3) is 2.85. The number of hydrogen-bond acceptors (Lipinski definition) is 6. The Bertz CT molecular complexity index is 960. The zero-order valence-corrected chi connectivity index (χ0v) is 13.5. The molecular weight excluding hydrogens is 375 g/mol. The Morgan fingerprint density at radius 1 is 1.19 bits per heavy atom. The highest BCUT2D eigenvalue weighted by atomic mass is 32.2. The summed E-state index contributed by atoms with van der Waals surface area (Å²) < 4.78 is 69.3. The molecule has 0 bridgehead atoms. The Kier molecular flexibility index (Phi) is 4.49. The molecule has 0 spiro atoms. The molecule has 1 aliphatic carbocycles. The van der Waals surface area contributed by atoms with Crippen molar-refractivity contribution in [3.8, 4) is 17.6 Å². The summed E-state index contributed by atoms with van der Waals surface area (Å²) >= 11 is -2.96. The molecule has 1 aliphatic rings. The molecule has 1 unspecified atom stereocenters. The van der Waals surface area contributed by atoms with Crippen LogP contribution in [0.5, 0.6) is 11.5 Å². The van der Waals surface area contributed by atoms with Crippen molar-refractivity contribution in [1.82, 2.24) is 0 Å². The van der Waals surface area contributed by atoms with E-state index in [1.54, 1.807) is 6.07 Å². The van der Waals surface area contributed by atoms with Gasteiger partial charge >= 0.3 is 5.92 Å². The van der Waals surface area contributed by atoms with Gasteiger partial charge in [0.25, 0.3) is 0 Å². The maximum Gasteiger partial charge on any atom is 0.307 e. The fourth-order valence-electron chi connectivity index (χ4n) is 2.74. The van der Waals surface area contributed by atoms with Gasteiger partial charge in [0.2, 0.25) is 0 Å². The molecule has 6 nitrogen and oxygen atoms in total. The topological polar surface area (TPSA) is 114 Å². The van der Waals surface area contributed by atoms with Crippen molar-refractivity contribution in [2.24, 2.45) is 0 Å². The van der Waals surface area contributed by atoms with Crippen molar-refractivity contribution < 1.29 is 36.9 Å². The number of fused-ring (bicyclic) bond motifs is 1. The van der Waals surface area contributed by atoms with Gasteiger partial charge in [-0.05, 0) is 35.3 Å². The predicted molar refractivity (Wildman–Crippen MR) is 79.7 cm³/mol. The van der Waals surface area contributed by atoms with Gasteiger partial charge in [-0.15, -0.1) is 0 Å². The zero-order valence-electron chi connectivity index (χ0n) is 12.6. The van der Waals surface area contributed by atoms with Gasteiger partial charge in [0.05, 0.1) is 11.6 Å². The number of halogens is 3. The first-order valence-electron chi connectivity index (χ1n) is 7.05. The summed E-state index contributed by atoms with van der Waals surface area (Å²) in [5.74, 6) is -5.49. The lowest BCUT2D eigenvalue weighted by Crippen LogP contribution is -2.26. The second kappa shape index (κ2) is 6.37. The van der Waals surface area contributed by atoms with Crippen molar-refractivity contribution in [3.63, 3.8) is 0 Å². The molecule has 0 saturated carbocycles. The Balaban J connectivity index is 2.16. The van der Waals surface area contributed by atoms with E-state index in [4.69, 9.17) is 10.00 Å². The summed E-state index contributed by atoms with van der Waals surface area (Å²) in [6, 6.07) is 6.53. The number of alkyl halides is 2. The molecule has 0 radical (unpaired) electrons. The summed E-state index contributed by atoms with van der Waals surface area (Å²) in [7, 11) is 0. The van der Waals surface area contributed by atoms with E-state index in [2.05, 4.69) is 0 Å².